The van der Waals surface area contributed by atoms with Crippen molar-refractivity contribution in [2.75, 3.05) is 0 Å². The molecule has 1 saturated carbocycles. The van der Waals surface area contributed by atoms with E-state index in [9.17, 15) is 22.7 Å². The van der Waals surface area contributed by atoms with E-state index in [0.29, 0.717) is 6.07 Å². The molecule has 2 nitrogen and oxygen atoms in total. The number of hydrogen-bond donors (Lipinski definition) is 2. The summed E-state index contributed by atoms with van der Waals surface area (Å²) in [5, 5.41) is 9.76. The van der Waals surface area contributed by atoms with Gasteiger partial charge in [-0.05, 0) is 36.5 Å². The summed E-state index contributed by atoms with van der Waals surface area (Å²) in [6.07, 6.45) is -3.86. The van der Waals surface area contributed by atoms with Gasteiger partial charge in [0.25, 0.3) is 0 Å². The standard InChI is InChI=1S/C12H13F4NO.ClH/c13-9-5-7(3-4-8(9)12(14,15)16)10(17)11(18)6-1-2-6;/h3-6,10-11,18H,1-2,17H2;1H/t10-,11+;/m0./s1. The minimum atomic E-state index is -4.72. The Morgan fingerprint density at radius 1 is 1.26 bits per heavy atom. The topological polar surface area (TPSA) is 46.2 Å². The molecule has 0 radical (unpaired) electrons. The molecule has 0 bridgehead atoms. The first kappa shape index (κ1) is 16.2. The van der Waals surface area contributed by atoms with Crippen LogP contribution in [0.25, 0.3) is 0 Å². The van der Waals surface area contributed by atoms with Crippen molar-refractivity contribution < 1.29 is 22.7 Å². The van der Waals surface area contributed by atoms with Crippen molar-refractivity contribution in [2.24, 2.45) is 11.7 Å². The molecule has 7 heteroatoms. The maximum Gasteiger partial charge on any atom is 0.419 e. The Labute approximate surface area is 114 Å². The van der Waals surface area contributed by atoms with Crippen molar-refractivity contribution in [3.8, 4) is 0 Å². The lowest BCUT2D eigenvalue weighted by molar-refractivity contribution is -0.140. The van der Waals surface area contributed by atoms with Crippen LogP contribution >= 0.6 is 12.4 Å². The number of aliphatic hydroxyl groups excluding tert-OH is 1. The fourth-order valence-electron chi connectivity index (χ4n) is 1.90. The molecule has 0 amide bonds. The van der Waals surface area contributed by atoms with E-state index >= 15 is 0 Å². The van der Waals surface area contributed by atoms with E-state index in [-0.39, 0.29) is 23.9 Å². The van der Waals surface area contributed by atoms with Gasteiger partial charge in [0, 0.05) is 0 Å². The summed E-state index contributed by atoms with van der Waals surface area (Å²) < 4.78 is 50.4. The first-order valence-corrected chi connectivity index (χ1v) is 5.61. The number of nitrogens with two attached hydrogens (primary N) is 1. The number of alkyl halides is 3. The van der Waals surface area contributed by atoms with Crippen molar-refractivity contribution in [1.29, 1.82) is 0 Å². The van der Waals surface area contributed by atoms with Crippen molar-refractivity contribution in [3.05, 3.63) is 35.1 Å². The maximum atomic E-state index is 13.3. The lowest BCUT2D eigenvalue weighted by Gasteiger charge is -2.19. The molecule has 0 heterocycles. The third-order valence-corrected chi connectivity index (χ3v) is 3.16. The van der Waals surface area contributed by atoms with Gasteiger partial charge >= 0.3 is 6.18 Å². The summed E-state index contributed by atoms with van der Waals surface area (Å²) in [4.78, 5) is 0. The summed E-state index contributed by atoms with van der Waals surface area (Å²) in [5.41, 5.74) is 4.57. The zero-order valence-electron chi connectivity index (χ0n) is 9.82. The molecule has 0 aromatic heterocycles. The second-order valence-corrected chi connectivity index (χ2v) is 4.59. The summed E-state index contributed by atoms with van der Waals surface area (Å²) in [6.45, 7) is 0. The lowest BCUT2D eigenvalue weighted by atomic mass is 9.97. The number of benzene rings is 1. The normalized spacial score (nSPS) is 18.6. The second-order valence-electron chi connectivity index (χ2n) is 4.59. The summed E-state index contributed by atoms with van der Waals surface area (Å²) in [5.74, 6) is -1.29. The van der Waals surface area contributed by atoms with E-state index in [1.54, 1.807) is 0 Å². The third-order valence-electron chi connectivity index (χ3n) is 3.16. The molecule has 1 fully saturated rings. The smallest absolute Gasteiger partial charge is 0.391 e. The lowest BCUT2D eigenvalue weighted by Crippen LogP contribution is -2.28. The summed E-state index contributed by atoms with van der Waals surface area (Å²) in [6, 6.07) is 1.67. The van der Waals surface area contributed by atoms with E-state index in [0.717, 1.165) is 25.0 Å². The maximum absolute atomic E-state index is 13.3. The van der Waals surface area contributed by atoms with E-state index in [4.69, 9.17) is 5.73 Å². The molecule has 1 aliphatic carbocycles. The molecule has 0 unspecified atom stereocenters. The molecule has 2 rings (SSSR count). The van der Waals surface area contributed by atoms with Crippen LogP contribution in [0.3, 0.4) is 0 Å². The highest BCUT2D eigenvalue weighted by atomic mass is 35.5. The molecule has 0 spiro atoms. The SMILES string of the molecule is Cl.N[C@@H](c1ccc(C(F)(F)F)c(F)c1)[C@H](O)C1CC1. The Hall–Kier alpha value is -0.850. The van der Waals surface area contributed by atoms with Gasteiger partial charge in [-0.25, -0.2) is 4.39 Å². The predicted octanol–water partition coefficient (Wildman–Crippen LogP) is 3.04. The summed E-state index contributed by atoms with van der Waals surface area (Å²) >= 11 is 0. The molecule has 108 valence electrons. The molecule has 1 aromatic rings. The van der Waals surface area contributed by atoms with Gasteiger partial charge in [0.05, 0.1) is 17.7 Å². The molecule has 0 aliphatic heterocycles. The summed E-state index contributed by atoms with van der Waals surface area (Å²) in [7, 11) is 0. The minimum Gasteiger partial charge on any atom is -0.391 e. The van der Waals surface area contributed by atoms with Gasteiger partial charge in [0.2, 0.25) is 0 Å². The van der Waals surface area contributed by atoms with Gasteiger partial charge in [-0.1, -0.05) is 6.07 Å². The number of aliphatic hydroxyl groups is 1. The van der Waals surface area contributed by atoms with Crippen LogP contribution in [-0.4, -0.2) is 11.2 Å². The molecular weight excluding hydrogens is 286 g/mol. The van der Waals surface area contributed by atoms with E-state index in [2.05, 4.69) is 0 Å². The highest BCUT2D eigenvalue weighted by Crippen LogP contribution is 2.38. The molecule has 3 N–H and O–H groups in total. The number of rotatable bonds is 3. The Bertz CT molecular complexity index is 448. The van der Waals surface area contributed by atoms with Crippen molar-refractivity contribution in [3.63, 3.8) is 0 Å². The van der Waals surface area contributed by atoms with Crippen LogP contribution in [0.2, 0.25) is 0 Å². The number of halogens is 5. The van der Waals surface area contributed by atoms with Crippen LogP contribution in [0.15, 0.2) is 18.2 Å². The fraction of sp³-hybridized carbons (Fsp3) is 0.500. The van der Waals surface area contributed by atoms with E-state index in [1.165, 1.54) is 0 Å². The van der Waals surface area contributed by atoms with Crippen LogP contribution in [-0.2, 0) is 6.18 Å². The molecule has 19 heavy (non-hydrogen) atoms. The highest BCUT2D eigenvalue weighted by Gasteiger charge is 2.36. The average Bonchev–Trinajstić information content (AvgIpc) is 3.09. The van der Waals surface area contributed by atoms with Gasteiger partial charge in [0.1, 0.15) is 5.82 Å². The Morgan fingerprint density at radius 2 is 1.84 bits per heavy atom. The van der Waals surface area contributed by atoms with Crippen LogP contribution in [0.4, 0.5) is 17.6 Å². The van der Waals surface area contributed by atoms with Crippen LogP contribution in [0.1, 0.15) is 30.0 Å². The van der Waals surface area contributed by atoms with Crippen LogP contribution < -0.4 is 5.73 Å². The molecular formula is C12H14ClF4NO. The number of hydrogen-bond acceptors (Lipinski definition) is 2. The minimum absolute atomic E-state index is 0. The predicted molar refractivity (Wildman–Crippen MR) is 64.3 cm³/mol. The van der Waals surface area contributed by atoms with Crippen LogP contribution in [0, 0.1) is 11.7 Å². The average molecular weight is 300 g/mol. The van der Waals surface area contributed by atoms with Crippen molar-refractivity contribution in [1.82, 2.24) is 0 Å². The third kappa shape index (κ3) is 3.58. The van der Waals surface area contributed by atoms with Crippen molar-refractivity contribution in [2.45, 2.75) is 31.2 Å². The second kappa shape index (κ2) is 5.64. The van der Waals surface area contributed by atoms with Gasteiger partial charge in [-0.15, -0.1) is 12.4 Å². The van der Waals surface area contributed by atoms with Gasteiger partial charge in [-0.3, -0.25) is 0 Å². The van der Waals surface area contributed by atoms with Gasteiger partial charge < -0.3 is 10.8 Å². The highest BCUT2D eigenvalue weighted by molar-refractivity contribution is 5.85. The first-order chi connectivity index (χ1) is 8.30. The fourth-order valence-corrected chi connectivity index (χ4v) is 1.90. The zero-order chi connectivity index (χ0) is 13.5. The zero-order valence-corrected chi connectivity index (χ0v) is 10.6. The Kier molecular flexibility index (Phi) is 4.81. The monoisotopic (exact) mass is 299 g/mol. The van der Waals surface area contributed by atoms with E-state index < -0.39 is 29.7 Å². The van der Waals surface area contributed by atoms with Gasteiger partial charge in [-0.2, -0.15) is 13.2 Å². The largest absolute Gasteiger partial charge is 0.419 e. The Balaban J connectivity index is 0.00000180. The molecule has 0 saturated heterocycles. The van der Waals surface area contributed by atoms with Crippen molar-refractivity contribution >= 4 is 12.4 Å². The Morgan fingerprint density at radius 3 is 2.26 bits per heavy atom. The van der Waals surface area contributed by atoms with E-state index in [1.807, 2.05) is 0 Å². The molecule has 1 aromatic carbocycles. The molecule has 1 aliphatic rings. The van der Waals surface area contributed by atoms with Gasteiger partial charge in [0.15, 0.2) is 0 Å². The van der Waals surface area contributed by atoms with Crippen LogP contribution in [0.5, 0.6) is 0 Å². The first-order valence-electron chi connectivity index (χ1n) is 5.61. The quantitative estimate of drug-likeness (QED) is 0.843. The molecule has 2 atom stereocenters.